The summed E-state index contributed by atoms with van der Waals surface area (Å²) in [5.41, 5.74) is 0.405. The molecule has 0 unspecified atom stereocenters. The molecule has 0 saturated heterocycles. The van der Waals surface area contributed by atoms with Gasteiger partial charge >= 0.3 is 0 Å². The number of pyridine rings is 1. The van der Waals surface area contributed by atoms with E-state index < -0.39 is 0 Å². The van der Waals surface area contributed by atoms with Gasteiger partial charge in [0.05, 0.1) is 16.9 Å². The predicted octanol–water partition coefficient (Wildman–Crippen LogP) is 1.67. The largest absolute Gasteiger partial charge is 0.383 e. The van der Waals surface area contributed by atoms with Crippen LogP contribution in [0.1, 0.15) is 16.6 Å². The van der Waals surface area contributed by atoms with Gasteiger partial charge in [-0.15, -0.1) is 11.3 Å². The first-order chi connectivity index (χ1) is 10.6. The highest BCUT2D eigenvalue weighted by molar-refractivity contribution is 7.20. The number of fused-ring (bicyclic) bond motifs is 2. The summed E-state index contributed by atoms with van der Waals surface area (Å²) in [6.45, 7) is 2.29. The fourth-order valence-corrected chi connectivity index (χ4v) is 3.18. The molecule has 1 atom stereocenters. The zero-order valence-corrected chi connectivity index (χ0v) is 13.0. The van der Waals surface area contributed by atoms with E-state index in [9.17, 15) is 9.59 Å². The van der Waals surface area contributed by atoms with Crippen molar-refractivity contribution in [3.63, 3.8) is 0 Å². The SMILES string of the molecule is COC[C@H](C)NC(=O)c1cc2c(=O)n3ccccc3nc2s1. The molecule has 0 radical (unpaired) electrons. The fourth-order valence-electron chi connectivity index (χ4n) is 2.25. The van der Waals surface area contributed by atoms with Crippen molar-refractivity contribution < 1.29 is 9.53 Å². The first kappa shape index (κ1) is 14.7. The number of aromatic nitrogens is 2. The van der Waals surface area contributed by atoms with Crippen LogP contribution in [-0.4, -0.2) is 35.1 Å². The lowest BCUT2D eigenvalue weighted by molar-refractivity contribution is 0.0909. The zero-order valence-electron chi connectivity index (χ0n) is 12.2. The van der Waals surface area contributed by atoms with Gasteiger partial charge in [-0.2, -0.15) is 0 Å². The number of thiophene rings is 1. The molecular weight excluding hydrogens is 302 g/mol. The summed E-state index contributed by atoms with van der Waals surface area (Å²) >= 11 is 1.22. The minimum atomic E-state index is -0.221. The van der Waals surface area contributed by atoms with Gasteiger partial charge < -0.3 is 10.1 Å². The van der Waals surface area contributed by atoms with Crippen LogP contribution in [0, 0.1) is 0 Å². The predicted molar refractivity (Wildman–Crippen MR) is 85.6 cm³/mol. The van der Waals surface area contributed by atoms with Crippen LogP contribution in [0.4, 0.5) is 0 Å². The normalized spacial score (nSPS) is 12.6. The summed E-state index contributed by atoms with van der Waals surface area (Å²) < 4.78 is 6.47. The number of hydrogen-bond donors (Lipinski definition) is 1. The molecule has 114 valence electrons. The van der Waals surface area contributed by atoms with Crippen LogP contribution in [0.2, 0.25) is 0 Å². The van der Waals surface area contributed by atoms with Crippen molar-refractivity contribution in [2.75, 3.05) is 13.7 Å². The van der Waals surface area contributed by atoms with Gasteiger partial charge in [-0.05, 0) is 25.1 Å². The number of ether oxygens (including phenoxy) is 1. The molecule has 0 fully saturated rings. The van der Waals surface area contributed by atoms with Crippen molar-refractivity contribution in [2.24, 2.45) is 0 Å². The third-order valence-corrected chi connectivity index (χ3v) is 4.26. The Labute approximate surface area is 130 Å². The number of rotatable bonds is 4. The van der Waals surface area contributed by atoms with Gasteiger partial charge in [-0.25, -0.2) is 4.98 Å². The Hall–Kier alpha value is -2.25. The van der Waals surface area contributed by atoms with E-state index >= 15 is 0 Å². The second-order valence-electron chi connectivity index (χ2n) is 5.01. The topological polar surface area (TPSA) is 72.7 Å². The molecule has 0 aromatic carbocycles. The van der Waals surface area contributed by atoms with Crippen LogP contribution in [0.25, 0.3) is 15.9 Å². The minimum absolute atomic E-state index is 0.101. The monoisotopic (exact) mass is 317 g/mol. The van der Waals surface area contributed by atoms with Gasteiger partial charge in [0.15, 0.2) is 0 Å². The number of carbonyl (C=O) groups is 1. The highest BCUT2D eigenvalue weighted by atomic mass is 32.1. The van der Waals surface area contributed by atoms with Gasteiger partial charge in [0.25, 0.3) is 11.5 Å². The van der Waals surface area contributed by atoms with Crippen LogP contribution in [0.5, 0.6) is 0 Å². The van der Waals surface area contributed by atoms with Crippen LogP contribution in [0.3, 0.4) is 0 Å². The standard InChI is InChI=1S/C15H15N3O3S/c1-9(8-21-2)16-13(19)11-7-10-14(22-11)17-12-5-3-4-6-18(12)15(10)20/h3-7,9H,8H2,1-2H3,(H,16,19)/t9-/m0/s1. The smallest absolute Gasteiger partial charge is 0.266 e. The maximum absolute atomic E-state index is 12.4. The van der Waals surface area contributed by atoms with Crippen molar-refractivity contribution in [2.45, 2.75) is 13.0 Å². The quantitative estimate of drug-likeness (QED) is 0.794. The van der Waals surface area contributed by atoms with Gasteiger partial charge in [0.1, 0.15) is 10.5 Å². The molecule has 0 spiro atoms. The van der Waals surface area contributed by atoms with Gasteiger partial charge in [-0.1, -0.05) is 6.07 Å². The summed E-state index contributed by atoms with van der Waals surface area (Å²) in [6, 6.07) is 6.86. The van der Waals surface area contributed by atoms with E-state index in [4.69, 9.17) is 4.74 Å². The molecule has 3 aromatic heterocycles. The molecule has 3 aromatic rings. The summed E-state index contributed by atoms with van der Waals surface area (Å²) in [6.07, 6.45) is 1.67. The Bertz CT molecular complexity index is 900. The lowest BCUT2D eigenvalue weighted by Crippen LogP contribution is -2.35. The van der Waals surface area contributed by atoms with Crippen molar-refractivity contribution in [3.05, 3.63) is 45.7 Å². The van der Waals surface area contributed by atoms with Crippen LogP contribution in [-0.2, 0) is 4.74 Å². The van der Waals surface area contributed by atoms with Gasteiger partial charge in [0, 0.05) is 19.3 Å². The first-order valence-electron chi connectivity index (χ1n) is 6.81. The molecule has 7 heteroatoms. The molecule has 1 N–H and O–H groups in total. The second kappa shape index (κ2) is 5.86. The lowest BCUT2D eigenvalue weighted by atomic mass is 10.3. The number of carbonyl (C=O) groups excluding carboxylic acids is 1. The van der Waals surface area contributed by atoms with Gasteiger partial charge in [-0.3, -0.25) is 14.0 Å². The Morgan fingerprint density at radius 2 is 2.32 bits per heavy atom. The Morgan fingerprint density at radius 1 is 1.50 bits per heavy atom. The molecule has 22 heavy (non-hydrogen) atoms. The van der Waals surface area contributed by atoms with Gasteiger partial charge in [0.2, 0.25) is 0 Å². The molecule has 1 amide bonds. The molecule has 0 aliphatic heterocycles. The third-order valence-electron chi connectivity index (χ3n) is 3.23. The fraction of sp³-hybridized carbons (Fsp3) is 0.267. The van der Waals surface area contributed by atoms with E-state index in [0.29, 0.717) is 27.3 Å². The third kappa shape index (κ3) is 2.60. The maximum atomic E-state index is 12.4. The van der Waals surface area contributed by atoms with Crippen molar-refractivity contribution in [1.82, 2.24) is 14.7 Å². The Morgan fingerprint density at radius 3 is 3.09 bits per heavy atom. The lowest BCUT2D eigenvalue weighted by Gasteiger charge is -2.11. The van der Waals surface area contributed by atoms with Crippen molar-refractivity contribution >= 4 is 33.1 Å². The highest BCUT2D eigenvalue weighted by Gasteiger charge is 2.16. The average Bonchev–Trinajstić information content (AvgIpc) is 2.92. The number of amides is 1. The maximum Gasteiger partial charge on any atom is 0.266 e. The summed E-state index contributed by atoms with van der Waals surface area (Å²) in [5.74, 6) is -0.221. The minimum Gasteiger partial charge on any atom is -0.383 e. The Kier molecular flexibility index (Phi) is 3.91. The van der Waals surface area contributed by atoms with Crippen molar-refractivity contribution in [3.8, 4) is 0 Å². The second-order valence-corrected chi connectivity index (χ2v) is 6.04. The number of nitrogens with one attached hydrogen (secondary N) is 1. The Balaban J connectivity index is 2.03. The molecular formula is C15H15N3O3S. The van der Waals surface area contributed by atoms with E-state index in [-0.39, 0.29) is 17.5 Å². The zero-order chi connectivity index (χ0) is 15.7. The van der Waals surface area contributed by atoms with Crippen LogP contribution < -0.4 is 10.9 Å². The number of nitrogens with zero attached hydrogens (tertiary/aromatic N) is 2. The molecule has 3 rings (SSSR count). The molecule has 0 aliphatic carbocycles. The highest BCUT2D eigenvalue weighted by Crippen LogP contribution is 2.22. The summed E-state index contributed by atoms with van der Waals surface area (Å²) in [7, 11) is 1.58. The number of hydrogen-bond acceptors (Lipinski definition) is 5. The van der Waals surface area contributed by atoms with Crippen LogP contribution in [0.15, 0.2) is 35.3 Å². The molecule has 3 heterocycles. The van der Waals surface area contributed by atoms with E-state index in [0.717, 1.165) is 0 Å². The van der Waals surface area contributed by atoms with E-state index in [1.54, 1.807) is 31.5 Å². The van der Waals surface area contributed by atoms with E-state index in [1.807, 2.05) is 13.0 Å². The van der Waals surface area contributed by atoms with E-state index in [1.165, 1.54) is 15.7 Å². The first-order valence-corrected chi connectivity index (χ1v) is 7.62. The van der Waals surface area contributed by atoms with Crippen molar-refractivity contribution in [1.29, 1.82) is 0 Å². The molecule has 0 aliphatic rings. The number of methoxy groups -OCH3 is 1. The van der Waals surface area contributed by atoms with E-state index in [2.05, 4.69) is 10.3 Å². The summed E-state index contributed by atoms with van der Waals surface area (Å²) in [4.78, 5) is 30.1. The summed E-state index contributed by atoms with van der Waals surface area (Å²) in [5, 5.41) is 3.29. The molecule has 0 bridgehead atoms. The molecule has 0 saturated carbocycles. The molecule has 6 nitrogen and oxygen atoms in total. The average molecular weight is 317 g/mol. The van der Waals surface area contributed by atoms with Crippen LogP contribution >= 0.6 is 11.3 Å².